The van der Waals surface area contributed by atoms with E-state index in [4.69, 9.17) is 4.98 Å². The molecule has 29 heavy (non-hydrogen) atoms. The SMILES string of the molecule is CC1(C)CC(N2CCC3(CCc4c3nc(-c3ccccc3)[nH]c4=O)CC2)CCN1. The van der Waals surface area contributed by atoms with Crippen molar-refractivity contribution in [2.45, 2.75) is 69.4 Å². The third kappa shape index (κ3) is 3.44. The molecule has 3 heterocycles. The summed E-state index contributed by atoms with van der Waals surface area (Å²) in [7, 11) is 0. The lowest BCUT2D eigenvalue weighted by atomic mass is 9.75. The average molecular weight is 393 g/mol. The van der Waals surface area contributed by atoms with Crippen LogP contribution in [0.4, 0.5) is 0 Å². The summed E-state index contributed by atoms with van der Waals surface area (Å²) >= 11 is 0. The number of hydrogen-bond acceptors (Lipinski definition) is 4. The van der Waals surface area contributed by atoms with Crippen molar-refractivity contribution >= 4 is 0 Å². The minimum Gasteiger partial charge on any atom is -0.312 e. The molecular formula is C24H32N4O. The average Bonchev–Trinajstić information content (AvgIpc) is 3.07. The number of H-pyrrole nitrogens is 1. The number of nitrogens with one attached hydrogen (secondary N) is 2. The molecule has 1 aromatic carbocycles. The van der Waals surface area contributed by atoms with Gasteiger partial charge in [0.25, 0.3) is 5.56 Å². The molecule has 0 bridgehead atoms. The monoisotopic (exact) mass is 392 g/mol. The highest BCUT2D eigenvalue weighted by atomic mass is 16.1. The first-order valence-corrected chi connectivity index (χ1v) is 11.1. The van der Waals surface area contributed by atoms with Crippen molar-refractivity contribution in [3.05, 3.63) is 51.9 Å². The molecule has 2 aromatic rings. The van der Waals surface area contributed by atoms with Gasteiger partial charge in [-0.3, -0.25) is 4.79 Å². The minimum absolute atomic E-state index is 0.0632. The summed E-state index contributed by atoms with van der Waals surface area (Å²) in [6, 6.07) is 10.7. The molecule has 0 amide bonds. The standard InChI is InChI=1S/C24H32N4O/c1-23(2)16-18(9-13-25-23)28-14-11-24(12-15-28)10-8-19-20(24)26-21(27-22(19)29)17-6-4-3-5-7-17/h3-7,18,25H,8-16H2,1-2H3,(H,26,27,29). The molecule has 1 aliphatic carbocycles. The van der Waals surface area contributed by atoms with Crippen LogP contribution in [0.5, 0.6) is 0 Å². The first kappa shape index (κ1) is 19.0. The first-order chi connectivity index (χ1) is 14.0. The molecule has 154 valence electrons. The van der Waals surface area contributed by atoms with E-state index in [0.717, 1.165) is 68.0 Å². The van der Waals surface area contributed by atoms with Gasteiger partial charge in [0.2, 0.25) is 0 Å². The second-order valence-electron chi connectivity index (χ2n) is 9.88. The lowest BCUT2D eigenvalue weighted by Gasteiger charge is -2.47. The van der Waals surface area contributed by atoms with Crippen molar-refractivity contribution in [1.29, 1.82) is 0 Å². The van der Waals surface area contributed by atoms with Crippen LogP contribution in [0.2, 0.25) is 0 Å². The summed E-state index contributed by atoms with van der Waals surface area (Å²) in [5, 5.41) is 3.64. The van der Waals surface area contributed by atoms with Gasteiger partial charge in [0.15, 0.2) is 0 Å². The zero-order valence-electron chi connectivity index (χ0n) is 17.6. The van der Waals surface area contributed by atoms with Gasteiger partial charge < -0.3 is 15.2 Å². The van der Waals surface area contributed by atoms with Gasteiger partial charge in [-0.1, -0.05) is 30.3 Å². The highest BCUT2D eigenvalue weighted by Gasteiger charge is 2.45. The second kappa shape index (κ2) is 7.06. The number of piperidine rings is 2. The molecule has 0 radical (unpaired) electrons. The van der Waals surface area contributed by atoms with Crippen LogP contribution in [0.3, 0.4) is 0 Å². The molecule has 5 heteroatoms. The number of hydrogen-bond donors (Lipinski definition) is 2. The molecule has 2 N–H and O–H groups in total. The predicted octanol–water partition coefficient (Wildman–Crippen LogP) is 3.25. The van der Waals surface area contributed by atoms with E-state index in [-0.39, 0.29) is 16.5 Å². The molecule has 1 spiro atoms. The Bertz CT molecular complexity index is 941. The number of aromatic nitrogens is 2. The van der Waals surface area contributed by atoms with Crippen molar-refractivity contribution < 1.29 is 0 Å². The van der Waals surface area contributed by atoms with Crippen LogP contribution < -0.4 is 10.9 Å². The number of aromatic amines is 1. The third-order valence-corrected chi connectivity index (χ3v) is 7.52. The number of nitrogens with zero attached hydrogens (tertiary/aromatic N) is 2. The molecule has 2 aliphatic heterocycles. The Morgan fingerprint density at radius 2 is 1.86 bits per heavy atom. The van der Waals surface area contributed by atoms with Gasteiger partial charge in [0, 0.05) is 28.1 Å². The Labute approximate surface area is 172 Å². The summed E-state index contributed by atoms with van der Waals surface area (Å²) in [5.41, 5.74) is 3.40. The Morgan fingerprint density at radius 3 is 2.59 bits per heavy atom. The number of fused-ring (bicyclic) bond motifs is 2. The Hall–Kier alpha value is -1.98. The van der Waals surface area contributed by atoms with E-state index >= 15 is 0 Å². The maximum Gasteiger partial charge on any atom is 0.254 e. The summed E-state index contributed by atoms with van der Waals surface area (Å²) < 4.78 is 0. The fourth-order valence-electron chi connectivity index (χ4n) is 5.84. The van der Waals surface area contributed by atoms with Gasteiger partial charge in [-0.2, -0.15) is 0 Å². The molecule has 1 aromatic heterocycles. The summed E-state index contributed by atoms with van der Waals surface area (Å²) in [5.74, 6) is 0.721. The zero-order valence-corrected chi connectivity index (χ0v) is 17.6. The second-order valence-corrected chi connectivity index (χ2v) is 9.88. The van der Waals surface area contributed by atoms with Gasteiger partial charge in [0.05, 0.1) is 5.69 Å². The molecule has 0 saturated carbocycles. The van der Waals surface area contributed by atoms with Crippen LogP contribution >= 0.6 is 0 Å². The van der Waals surface area contributed by atoms with Crippen molar-refractivity contribution in [2.24, 2.45) is 0 Å². The highest BCUT2D eigenvalue weighted by Crippen LogP contribution is 2.45. The molecule has 5 nitrogen and oxygen atoms in total. The van der Waals surface area contributed by atoms with Gasteiger partial charge in [-0.15, -0.1) is 0 Å². The van der Waals surface area contributed by atoms with Crippen LogP contribution in [-0.2, 0) is 11.8 Å². The normalized spacial score (nSPS) is 25.8. The topological polar surface area (TPSA) is 61.0 Å². The van der Waals surface area contributed by atoms with Gasteiger partial charge in [-0.25, -0.2) is 4.98 Å². The largest absolute Gasteiger partial charge is 0.312 e. The Kier molecular flexibility index (Phi) is 4.63. The quantitative estimate of drug-likeness (QED) is 0.824. The zero-order chi connectivity index (χ0) is 20.1. The van der Waals surface area contributed by atoms with Gasteiger partial charge >= 0.3 is 0 Å². The van der Waals surface area contributed by atoms with Crippen molar-refractivity contribution in [1.82, 2.24) is 20.2 Å². The van der Waals surface area contributed by atoms with E-state index in [1.165, 1.54) is 12.8 Å². The fourth-order valence-corrected chi connectivity index (χ4v) is 5.84. The predicted molar refractivity (Wildman–Crippen MR) is 116 cm³/mol. The highest BCUT2D eigenvalue weighted by molar-refractivity contribution is 5.55. The number of rotatable bonds is 2. The molecule has 1 unspecified atom stereocenters. The van der Waals surface area contributed by atoms with Crippen molar-refractivity contribution in [3.63, 3.8) is 0 Å². The Morgan fingerprint density at radius 1 is 1.10 bits per heavy atom. The number of likely N-dealkylation sites (tertiary alicyclic amines) is 1. The minimum atomic E-state index is 0.0632. The molecule has 3 aliphatic rings. The fraction of sp³-hybridized carbons (Fsp3) is 0.583. The van der Waals surface area contributed by atoms with E-state index in [9.17, 15) is 4.79 Å². The first-order valence-electron chi connectivity index (χ1n) is 11.1. The molecule has 2 saturated heterocycles. The third-order valence-electron chi connectivity index (χ3n) is 7.52. The van der Waals surface area contributed by atoms with E-state index in [1.54, 1.807) is 0 Å². The molecular weight excluding hydrogens is 360 g/mol. The van der Waals surface area contributed by atoms with Gasteiger partial charge in [-0.05, 0) is 72.0 Å². The summed E-state index contributed by atoms with van der Waals surface area (Å²) in [6.07, 6.45) is 6.63. The van der Waals surface area contributed by atoms with E-state index in [1.807, 2.05) is 30.3 Å². The molecule has 5 rings (SSSR count). The molecule has 1 atom stereocenters. The molecule has 2 fully saturated rings. The van der Waals surface area contributed by atoms with E-state index in [2.05, 4.69) is 29.0 Å². The summed E-state index contributed by atoms with van der Waals surface area (Å²) in [4.78, 5) is 23.6. The van der Waals surface area contributed by atoms with Gasteiger partial charge in [0.1, 0.15) is 5.82 Å². The Balaban J connectivity index is 1.39. The lowest BCUT2D eigenvalue weighted by molar-refractivity contribution is 0.0716. The van der Waals surface area contributed by atoms with Crippen LogP contribution in [0.15, 0.2) is 35.1 Å². The van der Waals surface area contributed by atoms with Crippen LogP contribution in [0.25, 0.3) is 11.4 Å². The maximum absolute atomic E-state index is 12.8. The van der Waals surface area contributed by atoms with Crippen molar-refractivity contribution in [3.8, 4) is 11.4 Å². The van der Waals surface area contributed by atoms with Crippen LogP contribution in [-0.4, -0.2) is 46.1 Å². The van der Waals surface area contributed by atoms with Crippen molar-refractivity contribution in [2.75, 3.05) is 19.6 Å². The van der Waals surface area contributed by atoms with Crippen LogP contribution in [0, 0.1) is 0 Å². The van der Waals surface area contributed by atoms with E-state index in [0.29, 0.717) is 6.04 Å². The van der Waals surface area contributed by atoms with Crippen LogP contribution in [0.1, 0.15) is 57.2 Å². The van der Waals surface area contributed by atoms with E-state index < -0.39 is 0 Å². The maximum atomic E-state index is 12.8. The lowest BCUT2D eigenvalue weighted by Crippen LogP contribution is -2.55. The summed E-state index contributed by atoms with van der Waals surface area (Å²) in [6.45, 7) is 7.99. The number of benzene rings is 1. The smallest absolute Gasteiger partial charge is 0.254 e.